The molecule has 26 heavy (non-hydrogen) atoms. The van der Waals surface area contributed by atoms with Gasteiger partial charge in [0, 0.05) is 18.1 Å². The van der Waals surface area contributed by atoms with Gasteiger partial charge in [-0.15, -0.1) is 12.4 Å². The van der Waals surface area contributed by atoms with Crippen LogP contribution < -0.4 is 5.32 Å². The van der Waals surface area contributed by atoms with Crippen LogP contribution in [0.4, 0.5) is 0 Å². The van der Waals surface area contributed by atoms with Crippen LogP contribution in [0, 0.1) is 12.8 Å². The van der Waals surface area contributed by atoms with Crippen LogP contribution in [0.3, 0.4) is 0 Å². The first kappa shape index (κ1) is 20.7. The average Bonchev–Trinajstić information content (AvgIpc) is 3.01. The number of aromatic nitrogens is 2. The number of carbonyl (C=O) groups is 1. The van der Waals surface area contributed by atoms with Gasteiger partial charge in [-0.25, -0.2) is 4.68 Å². The van der Waals surface area contributed by atoms with Crippen LogP contribution in [0.5, 0.6) is 0 Å². The van der Waals surface area contributed by atoms with Crippen LogP contribution in [-0.2, 0) is 0 Å². The third kappa shape index (κ3) is 4.58. The van der Waals surface area contributed by atoms with Crippen molar-refractivity contribution in [3.05, 3.63) is 46.7 Å². The lowest BCUT2D eigenvalue weighted by atomic mass is 9.96. The van der Waals surface area contributed by atoms with E-state index in [-0.39, 0.29) is 18.3 Å². The number of nitrogens with zero attached hydrogens (tertiary/aromatic N) is 3. The fraction of sp³-hybridized carbons (Fsp3) is 0.474. The molecule has 0 bridgehead atoms. The number of halogens is 2. The molecule has 1 fully saturated rings. The molecule has 3 rings (SSSR count). The molecule has 1 saturated heterocycles. The summed E-state index contributed by atoms with van der Waals surface area (Å²) in [5.41, 5.74) is 2.39. The van der Waals surface area contributed by atoms with Gasteiger partial charge in [-0.1, -0.05) is 24.6 Å². The van der Waals surface area contributed by atoms with Crippen molar-refractivity contribution >= 4 is 29.9 Å². The van der Waals surface area contributed by atoms with E-state index in [1.165, 1.54) is 0 Å². The lowest BCUT2D eigenvalue weighted by molar-refractivity contribution is 0.0689. The number of hydrogen-bond acceptors (Lipinski definition) is 3. The first-order valence-electron chi connectivity index (χ1n) is 8.90. The van der Waals surface area contributed by atoms with Gasteiger partial charge in [0.15, 0.2) is 0 Å². The molecule has 2 aromatic rings. The summed E-state index contributed by atoms with van der Waals surface area (Å²) in [6.45, 7) is 7.73. The fourth-order valence-corrected chi connectivity index (χ4v) is 3.53. The largest absolute Gasteiger partial charge is 0.339 e. The molecule has 0 spiro atoms. The van der Waals surface area contributed by atoms with E-state index >= 15 is 0 Å². The number of amides is 1. The summed E-state index contributed by atoms with van der Waals surface area (Å²) < 4.78 is 1.77. The Labute approximate surface area is 166 Å². The Morgan fingerprint density at radius 1 is 1.35 bits per heavy atom. The van der Waals surface area contributed by atoms with Gasteiger partial charge in [-0.2, -0.15) is 5.10 Å². The second-order valence-corrected chi connectivity index (χ2v) is 7.02. The fourth-order valence-electron chi connectivity index (χ4n) is 3.35. The second-order valence-electron chi connectivity index (χ2n) is 6.58. The zero-order valence-corrected chi connectivity index (χ0v) is 16.8. The van der Waals surface area contributed by atoms with Crippen LogP contribution >= 0.6 is 24.0 Å². The number of benzene rings is 1. The SMILES string of the molecule is CCNCC1CCN(C(=O)c2cnn(-c3cccc(Cl)c3)c2C)CC1.Cl. The molecule has 1 aromatic carbocycles. The van der Waals surface area contributed by atoms with Crippen molar-refractivity contribution in [1.82, 2.24) is 20.0 Å². The van der Waals surface area contributed by atoms with Crippen LogP contribution in [0.1, 0.15) is 35.8 Å². The Hall–Kier alpha value is -1.56. The van der Waals surface area contributed by atoms with Gasteiger partial charge < -0.3 is 10.2 Å². The van der Waals surface area contributed by atoms with Gasteiger partial charge in [0.2, 0.25) is 0 Å². The van der Waals surface area contributed by atoms with Crippen molar-refractivity contribution in [3.8, 4) is 5.69 Å². The highest BCUT2D eigenvalue weighted by atomic mass is 35.5. The molecule has 0 radical (unpaired) electrons. The highest BCUT2D eigenvalue weighted by Crippen LogP contribution is 2.22. The highest BCUT2D eigenvalue weighted by molar-refractivity contribution is 6.30. The molecule has 0 atom stereocenters. The van der Waals surface area contributed by atoms with E-state index in [0.29, 0.717) is 16.5 Å². The number of piperidine rings is 1. The molecule has 0 unspecified atom stereocenters. The zero-order valence-electron chi connectivity index (χ0n) is 15.2. The summed E-state index contributed by atoms with van der Waals surface area (Å²) in [6.07, 6.45) is 3.78. The van der Waals surface area contributed by atoms with Gasteiger partial charge in [0.05, 0.1) is 23.1 Å². The Morgan fingerprint density at radius 2 is 2.08 bits per heavy atom. The summed E-state index contributed by atoms with van der Waals surface area (Å²) in [4.78, 5) is 14.8. The van der Waals surface area contributed by atoms with E-state index in [1.807, 2.05) is 36.1 Å². The molecule has 1 aliphatic rings. The van der Waals surface area contributed by atoms with E-state index in [9.17, 15) is 4.79 Å². The summed E-state index contributed by atoms with van der Waals surface area (Å²) in [5.74, 6) is 0.743. The average molecular weight is 397 g/mol. The summed E-state index contributed by atoms with van der Waals surface area (Å²) in [6, 6.07) is 7.50. The van der Waals surface area contributed by atoms with Gasteiger partial charge in [-0.05, 0) is 57.0 Å². The lowest BCUT2D eigenvalue weighted by Gasteiger charge is -2.32. The quantitative estimate of drug-likeness (QED) is 0.837. The first-order chi connectivity index (χ1) is 12.1. The molecule has 1 N–H and O–H groups in total. The highest BCUT2D eigenvalue weighted by Gasteiger charge is 2.26. The van der Waals surface area contributed by atoms with E-state index in [0.717, 1.165) is 50.4 Å². The molecule has 0 aliphatic carbocycles. The lowest BCUT2D eigenvalue weighted by Crippen LogP contribution is -2.40. The molecule has 7 heteroatoms. The van der Waals surface area contributed by atoms with Crippen molar-refractivity contribution in [2.24, 2.45) is 5.92 Å². The number of hydrogen-bond donors (Lipinski definition) is 1. The maximum atomic E-state index is 12.9. The van der Waals surface area contributed by atoms with Gasteiger partial charge in [-0.3, -0.25) is 4.79 Å². The molecule has 1 aromatic heterocycles. The van der Waals surface area contributed by atoms with Crippen molar-refractivity contribution < 1.29 is 4.79 Å². The Kier molecular flexibility index (Phi) is 7.50. The molecular weight excluding hydrogens is 371 g/mol. The van der Waals surface area contributed by atoms with Crippen molar-refractivity contribution in [2.75, 3.05) is 26.2 Å². The molecule has 2 heterocycles. The van der Waals surface area contributed by atoms with Gasteiger partial charge >= 0.3 is 0 Å². The monoisotopic (exact) mass is 396 g/mol. The van der Waals surface area contributed by atoms with Crippen LogP contribution in [0.15, 0.2) is 30.5 Å². The van der Waals surface area contributed by atoms with E-state index in [4.69, 9.17) is 11.6 Å². The molecular formula is C19H26Cl2N4O. The smallest absolute Gasteiger partial charge is 0.257 e. The minimum Gasteiger partial charge on any atom is -0.339 e. The number of rotatable bonds is 5. The number of carbonyl (C=O) groups excluding carboxylic acids is 1. The third-order valence-electron chi connectivity index (χ3n) is 4.88. The molecule has 1 amide bonds. The van der Waals surface area contributed by atoms with E-state index < -0.39 is 0 Å². The van der Waals surface area contributed by atoms with E-state index in [2.05, 4.69) is 17.3 Å². The van der Waals surface area contributed by atoms with Gasteiger partial charge in [0.1, 0.15) is 0 Å². The zero-order chi connectivity index (χ0) is 17.8. The molecule has 142 valence electrons. The van der Waals surface area contributed by atoms with Crippen LogP contribution in [0.25, 0.3) is 5.69 Å². The maximum absolute atomic E-state index is 12.9. The Morgan fingerprint density at radius 3 is 2.73 bits per heavy atom. The normalized spacial score (nSPS) is 15.0. The summed E-state index contributed by atoms with van der Waals surface area (Å²) in [5, 5.41) is 8.46. The minimum atomic E-state index is 0. The van der Waals surface area contributed by atoms with E-state index in [1.54, 1.807) is 10.9 Å². The second kappa shape index (κ2) is 9.40. The predicted molar refractivity (Wildman–Crippen MR) is 108 cm³/mol. The maximum Gasteiger partial charge on any atom is 0.257 e. The molecule has 1 aliphatic heterocycles. The summed E-state index contributed by atoms with van der Waals surface area (Å²) in [7, 11) is 0. The standard InChI is InChI=1S/C19H25ClN4O.ClH/c1-3-21-12-15-7-9-23(10-8-15)19(25)18-13-22-24(14(18)2)17-6-4-5-16(20)11-17;/h4-6,11,13,15,21H,3,7-10,12H2,1-2H3;1H. The first-order valence-corrected chi connectivity index (χ1v) is 9.28. The van der Waals surface area contributed by atoms with Crippen molar-refractivity contribution in [3.63, 3.8) is 0 Å². The van der Waals surface area contributed by atoms with Crippen LogP contribution in [0.2, 0.25) is 5.02 Å². The number of nitrogens with one attached hydrogen (secondary N) is 1. The topological polar surface area (TPSA) is 50.2 Å². The molecule has 0 saturated carbocycles. The van der Waals surface area contributed by atoms with Crippen molar-refractivity contribution in [1.29, 1.82) is 0 Å². The Bertz CT molecular complexity index is 739. The number of likely N-dealkylation sites (tertiary alicyclic amines) is 1. The Balaban J connectivity index is 0.00000243. The van der Waals surface area contributed by atoms with Crippen molar-refractivity contribution in [2.45, 2.75) is 26.7 Å². The molecule has 5 nitrogen and oxygen atoms in total. The minimum absolute atomic E-state index is 0. The predicted octanol–water partition coefficient (Wildman–Crippen LogP) is 3.72. The summed E-state index contributed by atoms with van der Waals surface area (Å²) >= 11 is 6.07. The van der Waals surface area contributed by atoms with Crippen LogP contribution in [-0.4, -0.2) is 46.8 Å². The van der Waals surface area contributed by atoms with Gasteiger partial charge in [0.25, 0.3) is 5.91 Å². The third-order valence-corrected chi connectivity index (χ3v) is 5.11.